The Morgan fingerprint density at radius 3 is 3.14 bits per heavy atom. The summed E-state index contributed by atoms with van der Waals surface area (Å²) in [4.78, 5) is 20.6. The quantitative estimate of drug-likeness (QED) is 0.676. The number of aryl methyl sites for hydroxylation is 1. The van der Waals surface area contributed by atoms with E-state index in [-0.39, 0.29) is 24.3 Å². The zero-order chi connectivity index (χ0) is 19.8. The Morgan fingerprint density at radius 1 is 1.31 bits per heavy atom. The molecule has 0 saturated heterocycles. The summed E-state index contributed by atoms with van der Waals surface area (Å²) in [5.41, 5.74) is 2.93. The maximum Gasteiger partial charge on any atom is 0.351 e. The smallest absolute Gasteiger partial charge is 0.351 e. The van der Waals surface area contributed by atoms with Crippen molar-refractivity contribution in [2.45, 2.75) is 19.1 Å². The minimum absolute atomic E-state index is 0.185. The van der Waals surface area contributed by atoms with E-state index in [9.17, 15) is 4.79 Å². The maximum absolute atomic E-state index is 12.5. The summed E-state index contributed by atoms with van der Waals surface area (Å²) >= 11 is 0. The van der Waals surface area contributed by atoms with Gasteiger partial charge in [-0.1, -0.05) is 6.07 Å². The average molecular weight is 388 g/mol. The number of nitrogens with zero attached hydrogens (tertiary/aromatic N) is 4. The van der Waals surface area contributed by atoms with E-state index in [4.69, 9.17) is 19.5 Å². The Bertz CT molecular complexity index is 1200. The van der Waals surface area contributed by atoms with Gasteiger partial charge in [0.2, 0.25) is 5.88 Å². The molecule has 4 heterocycles. The van der Waals surface area contributed by atoms with E-state index in [0.717, 1.165) is 16.8 Å². The molecule has 1 aromatic carbocycles. The molecular formula is C21H16N4O4. The highest BCUT2D eigenvalue weighted by Crippen LogP contribution is 2.31. The van der Waals surface area contributed by atoms with E-state index < -0.39 is 0 Å². The second-order valence-electron chi connectivity index (χ2n) is 6.82. The molecule has 0 aliphatic carbocycles. The van der Waals surface area contributed by atoms with Crippen molar-refractivity contribution in [2.24, 2.45) is 0 Å². The topological polar surface area (TPSA) is 99.3 Å². The number of hydrogen-bond acceptors (Lipinski definition) is 7. The molecule has 1 unspecified atom stereocenters. The van der Waals surface area contributed by atoms with Crippen LogP contribution in [0.2, 0.25) is 0 Å². The fourth-order valence-corrected chi connectivity index (χ4v) is 3.57. The van der Waals surface area contributed by atoms with Crippen molar-refractivity contribution < 1.29 is 14.2 Å². The number of benzene rings is 1. The lowest BCUT2D eigenvalue weighted by Gasteiger charge is -2.25. The van der Waals surface area contributed by atoms with Crippen molar-refractivity contribution in [3.8, 4) is 34.8 Å². The number of ether oxygens (including phenoxy) is 3. The standard InChI is InChI=1S/C21H16N4O4/c22-10-13-3-4-16-14(8-13)5-7-25-17(16)9-19(24-21(25)26)27-11-15-12-28-20-18(29-15)2-1-6-23-20/h1-4,6,8-9,15H,5,7,11-12H2. The van der Waals surface area contributed by atoms with E-state index in [1.54, 1.807) is 35.0 Å². The first-order chi connectivity index (χ1) is 14.2. The van der Waals surface area contributed by atoms with Gasteiger partial charge >= 0.3 is 5.69 Å². The number of rotatable bonds is 3. The predicted molar refractivity (Wildman–Crippen MR) is 102 cm³/mol. The fourth-order valence-electron chi connectivity index (χ4n) is 3.57. The van der Waals surface area contributed by atoms with Gasteiger partial charge in [-0.2, -0.15) is 10.2 Å². The van der Waals surface area contributed by atoms with Gasteiger partial charge < -0.3 is 14.2 Å². The Morgan fingerprint density at radius 2 is 2.24 bits per heavy atom. The van der Waals surface area contributed by atoms with Crippen molar-refractivity contribution in [1.29, 1.82) is 5.26 Å². The molecule has 0 bridgehead atoms. The number of fused-ring (bicyclic) bond motifs is 4. The first-order valence-electron chi connectivity index (χ1n) is 9.24. The van der Waals surface area contributed by atoms with Gasteiger partial charge in [-0.05, 0) is 36.2 Å². The SMILES string of the molecule is N#Cc1ccc2c(c1)CCn1c-2cc(OCC2COc3ncccc3O2)nc1=O. The molecule has 2 aliphatic rings. The van der Waals surface area contributed by atoms with Crippen LogP contribution in [0.3, 0.4) is 0 Å². The molecule has 8 heteroatoms. The Hall–Kier alpha value is -3.86. The first-order valence-corrected chi connectivity index (χ1v) is 9.24. The van der Waals surface area contributed by atoms with Crippen molar-refractivity contribution in [2.75, 3.05) is 13.2 Å². The summed E-state index contributed by atoms with van der Waals surface area (Å²) in [7, 11) is 0. The van der Waals surface area contributed by atoms with E-state index in [1.807, 2.05) is 12.1 Å². The van der Waals surface area contributed by atoms with Crippen molar-refractivity contribution >= 4 is 0 Å². The largest absolute Gasteiger partial charge is 0.478 e. The second kappa shape index (κ2) is 6.95. The van der Waals surface area contributed by atoms with Crippen LogP contribution in [0.15, 0.2) is 47.4 Å². The van der Waals surface area contributed by atoms with E-state index in [2.05, 4.69) is 16.0 Å². The number of nitriles is 1. The summed E-state index contributed by atoms with van der Waals surface area (Å²) in [6, 6.07) is 12.9. The van der Waals surface area contributed by atoms with Gasteiger partial charge in [0.25, 0.3) is 5.88 Å². The zero-order valence-corrected chi connectivity index (χ0v) is 15.4. The van der Waals surface area contributed by atoms with Crippen LogP contribution in [-0.2, 0) is 13.0 Å². The molecule has 0 spiro atoms. The average Bonchev–Trinajstić information content (AvgIpc) is 2.77. The van der Waals surface area contributed by atoms with E-state index >= 15 is 0 Å². The van der Waals surface area contributed by atoms with Gasteiger partial charge in [-0.3, -0.25) is 4.57 Å². The molecule has 0 amide bonds. The van der Waals surface area contributed by atoms with Crippen LogP contribution in [0.25, 0.3) is 11.3 Å². The van der Waals surface area contributed by atoms with Crippen LogP contribution in [0.4, 0.5) is 0 Å². The lowest BCUT2D eigenvalue weighted by atomic mass is 9.96. The minimum atomic E-state index is -0.358. The van der Waals surface area contributed by atoms with Crippen LogP contribution in [-0.4, -0.2) is 33.9 Å². The molecule has 2 aliphatic heterocycles. The lowest BCUT2D eigenvalue weighted by Crippen LogP contribution is -2.35. The van der Waals surface area contributed by atoms with Crippen LogP contribution >= 0.6 is 0 Å². The molecule has 3 aromatic rings. The lowest BCUT2D eigenvalue weighted by molar-refractivity contribution is 0.0486. The molecule has 1 atom stereocenters. The highest BCUT2D eigenvalue weighted by atomic mass is 16.6. The van der Waals surface area contributed by atoms with Crippen LogP contribution in [0.1, 0.15) is 11.1 Å². The third-order valence-electron chi connectivity index (χ3n) is 4.96. The fraction of sp³-hybridized carbons (Fsp3) is 0.238. The summed E-state index contributed by atoms with van der Waals surface area (Å²) in [6.07, 6.45) is 1.99. The molecule has 0 N–H and O–H groups in total. The van der Waals surface area contributed by atoms with Crippen LogP contribution in [0.5, 0.6) is 17.5 Å². The van der Waals surface area contributed by atoms with Gasteiger partial charge in [0, 0.05) is 24.4 Å². The molecule has 0 fully saturated rings. The van der Waals surface area contributed by atoms with Gasteiger partial charge in [-0.15, -0.1) is 0 Å². The van der Waals surface area contributed by atoms with Crippen LogP contribution in [0, 0.1) is 11.3 Å². The molecule has 0 radical (unpaired) electrons. The van der Waals surface area contributed by atoms with E-state index in [0.29, 0.717) is 36.8 Å². The molecule has 144 valence electrons. The maximum atomic E-state index is 12.5. The molecule has 0 saturated carbocycles. The summed E-state index contributed by atoms with van der Waals surface area (Å²) in [6.45, 7) is 1.00. The van der Waals surface area contributed by atoms with Gasteiger partial charge in [0.15, 0.2) is 11.9 Å². The third-order valence-corrected chi connectivity index (χ3v) is 4.96. The van der Waals surface area contributed by atoms with Gasteiger partial charge in [0.1, 0.15) is 13.2 Å². The third kappa shape index (κ3) is 3.17. The normalized spacial score (nSPS) is 16.3. The summed E-state index contributed by atoms with van der Waals surface area (Å²) in [5.74, 6) is 1.26. The Balaban J connectivity index is 1.38. The Labute approximate surface area is 165 Å². The summed E-state index contributed by atoms with van der Waals surface area (Å²) in [5, 5.41) is 9.12. The van der Waals surface area contributed by atoms with E-state index in [1.165, 1.54) is 0 Å². The number of aromatic nitrogens is 3. The molecule has 8 nitrogen and oxygen atoms in total. The monoisotopic (exact) mass is 388 g/mol. The van der Waals surface area contributed by atoms with Gasteiger partial charge in [0.05, 0.1) is 17.3 Å². The predicted octanol–water partition coefficient (Wildman–Crippen LogP) is 1.95. The minimum Gasteiger partial charge on any atom is -0.478 e. The van der Waals surface area contributed by atoms with Crippen molar-refractivity contribution in [1.82, 2.24) is 14.5 Å². The Kier molecular flexibility index (Phi) is 4.13. The first kappa shape index (κ1) is 17.3. The number of hydrogen-bond donors (Lipinski definition) is 0. The molecule has 5 rings (SSSR count). The summed E-state index contributed by atoms with van der Waals surface area (Å²) < 4.78 is 18.8. The van der Waals surface area contributed by atoms with Crippen molar-refractivity contribution in [3.05, 3.63) is 64.2 Å². The molecule has 2 aromatic heterocycles. The second-order valence-corrected chi connectivity index (χ2v) is 6.82. The highest BCUT2D eigenvalue weighted by molar-refractivity contribution is 5.67. The van der Waals surface area contributed by atoms with Crippen molar-refractivity contribution in [3.63, 3.8) is 0 Å². The zero-order valence-electron chi connectivity index (χ0n) is 15.4. The number of pyridine rings is 1. The van der Waals surface area contributed by atoms with Gasteiger partial charge in [-0.25, -0.2) is 9.78 Å². The van der Waals surface area contributed by atoms with Crippen LogP contribution < -0.4 is 19.9 Å². The highest BCUT2D eigenvalue weighted by Gasteiger charge is 2.24. The molecular weight excluding hydrogens is 372 g/mol. The molecule has 29 heavy (non-hydrogen) atoms.